The number of pyridine rings is 1. The summed E-state index contributed by atoms with van der Waals surface area (Å²) in [5, 5.41) is 3.51. The fourth-order valence-corrected chi connectivity index (χ4v) is 2.52. The van der Waals surface area contributed by atoms with Crippen LogP contribution < -0.4 is 5.32 Å². The second-order valence-electron chi connectivity index (χ2n) is 4.83. The van der Waals surface area contributed by atoms with E-state index >= 15 is 0 Å². The van der Waals surface area contributed by atoms with Crippen LogP contribution in [0.1, 0.15) is 44.1 Å². The van der Waals surface area contributed by atoms with Crippen molar-refractivity contribution >= 4 is 0 Å². The van der Waals surface area contributed by atoms with E-state index in [0.717, 1.165) is 19.0 Å². The molecule has 1 saturated carbocycles. The molecule has 2 heteroatoms. The highest BCUT2D eigenvalue weighted by atomic mass is 14.8. The maximum absolute atomic E-state index is 4.11. The minimum atomic E-state index is 0.959. The van der Waals surface area contributed by atoms with E-state index in [1.807, 2.05) is 18.5 Å². The SMILES string of the molecule is c1cncc(CNCCC2CCCCC2)c1. The van der Waals surface area contributed by atoms with Crippen molar-refractivity contribution in [2.75, 3.05) is 6.54 Å². The molecule has 0 unspecified atom stereocenters. The van der Waals surface area contributed by atoms with E-state index in [2.05, 4.69) is 16.4 Å². The van der Waals surface area contributed by atoms with E-state index in [1.165, 1.54) is 44.1 Å². The van der Waals surface area contributed by atoms with Crippen molar-refractivity contribution in [3.05, 3.63) is 30.1 Å². The Morgan fingerprint density at radius 1 is 1.25 bits per heavy atom. The molecule has 0 atom stereocenters. The third kappa shape index (κ3) is 3.93. The first-order valence-corrected chi connectivity index (χ1v) is 6.55. The van der Waals surface area contributed by atoms with Crippen molar-refractivity contribution in [1.82, 2.24) is 10.3 Å². The van der Waals surface area contributed by atoms with Gasteiger partial charge in [0.1, 0.15) is 0 Å². The summed E-state index contributed by atoms with van der Waals surface area (Å²) in [6.07, 6.45) is 12.4. The van der Waals surface area contributed by atoms with Gasteiger partial charge in [-0.3, -0.25) is 4.98 Å². The third-order valence-electron chi connectivity index (χ3n) is 3.51. The van der Waals surface area contributed by atoms with Gasteiger partial charge in [0, 0.05) is 18.9 Å². The van der Waals surface area contributed by atoms with Gasteiger partial charge in [-0.1, -0.05) is 38.2 Å². The van der Waals surface area contributed by atoms with E-state index in [0.29, 0.717) is 0 Å². The maximum Gasteiger partial charge on any atom is 0.0312 e. The quantitative estimate of drug-likeness (QED) is 0.768. The van der Waals surface area contributed by atoms with Crippen molar-refractivity contribution in [2.24, 2.45) is 5.92 Å². The molecule has 2 rings (SSSR count). The van der Waals surface area contributed by atoms with Crippen LogP contribution in [0.25, 0.3) is 0 Å². The molecule has 16 heavy (non-hydrogen) atoms. The summed E-state index contributed by atoms with van der Waals surface area (Å²) < 4.78 is 0. The summed E-state index contributed by atoms with van der Waals surface area (Å²) in [5.41, 5.74) is 1.28. The highest BCUT2D eigenvalue weighted by molar-refractivity contribution is 5.07. The molecule has 1 fully saturated rings. The van der Waals surface area contributed by atoms with Gasteiger partial charge in [0.25, 0.3) is 0 Å². The van der Waals surface area contributed by atoms with Crippen LogP contribution in [0.4, 0.5) is 0 Å². The topological polar surface area (TPSA) is 24.9 Å². The smallest absolute Gasteiger partial charge is 0.0312 e. The van der Waals surface area contributed by atoms with E-state index in [9.17, 15) is 0 Å². The fraction of sp³-hybridized carbons (Fsp3) is 0.643. The molecule has 0 spiro atoms. The average Bonchev–Trinajstić information content (AvgIpc) is 2.37. The van der Waals surface area contributed by atoms with E-state index < -0.39 is 0 Å². The van der Waals surface area contributed by atoms with E-state index in [4.69, 9.17) is 0 Å². The molecular weight excluding hydrogens is 196 g/mol. The van der Waals surface area contributed by atoms with Crippen molar-refractivity contribution in [1.29, 1.82) is 0 Å². The van der Waals surface area contributed by atoms with Crippen LogP contribution in [0, 0.1) is 5.92 Å². The molecule has 0 radical (unpaired) electrons. The Morgan fingerprint density at radius 2 is 2.12 bits per heavy atom. The zero-order valence-electron chi connectivity index (χ0n) is 9.99. The van der Waals surface area contributed by atoms with Crippen LogP contribution in [0.2, 0.25) is 0 Å². The molecule has 88 valence electrons. The predicted octanol–water partition coefficient (Wildman–Crippen LogP) is 3.14. The molecule has 1 N–H and O–H groups in total. The second kappa shape index (κ2) is 6.64. The first-order valence-electron chi connectivity index (χ1n) is 6.55. The van der Waals surface area contributed by atoms with Crippen LogP contribution in [-0.4, -0.2) is 11.5 Å². The Morgan fingerprint density at radius 3 is 2.88 bits per heavy atom. The Kier molecular flexibility index (Phi) is 4.81. The van der Waals surface area contributed by atoms with Crippen LogP contribution in [0.15, 0.2) is 24.5 Å². The van der Waals surface area contributed by atoms with Crippen molar-refractivity contribution in [3.8, 4) is 0 Å². The van der Waals surface area contributed by atoms with Crippen molar-refractivity contribution in [2.45, 2.75) is 45.1 Å². The lowest BCUT2D eigenvalue weighted by molar-refractivity contribution is 0.334. The van der Waals surface area contributed by atoms with Crippen molar-refractivity contribution in [3.63, 3.8) is 0 Å². The van der Waals surface area contributed by atoms with Crippen LogP contribution in [0.3, 0.4) is 0 Å². The average molecular weight is 218 g/mol. The fourth-order valence-electron chi connectivity index (χ4n) is 2.52. The normalized spacial score (nSPS) is 17.5. The molecule has 0 aliphatic heterocycles. The lowest BCUT2D eigenvalue weighted by Gasteiger charge is -2.21. The van der Waals surface area contributed by atoms with Gasteiger partial charge < -0.3 is 5.32 Å². The van der Waals surface area contributed by atoms with Crippen LogP contribution >= 0.6 is 0 Å². The Balaban J connectivity index is 1.58. The number of nitrogens with one attached hydrogen (secondary N) is 1. The minimum absolute atomic E-state index is 0.959. The monoisotopic (exact) mass is 218 g/mol. The molecule has 0 amide bonds. The minimum Gasteiger partial charge on any atom is -0.313 e. The molecule has 1 aromatic rings. The molecule has 1 aliphatic rings. The molecule has 1 aromatic heterocycles. The van der Waals surface area contributed by atoms with Gasteiger partial charge in [0.15, 0.2) is 0 Å². The molecule has 0 bridgehead atoms. The summed E-state index contributed by atoms with van der Waals surface area (Å²) in [5.74, 6) is 0.982. The Hall–Kier alpha value is -0.890. The van der Waals surface area contributed by atoms with Gasteiger partial charge in [-0.2, -0.15) is 0 Å². The Bertz CT molecular complexity index is 278. The second-order valence-corrected chi connectivity index (χ2v) is 4.83. The highest BCUT2D eigenvalue weighted by Gasteiger charge is 2.12. The zero-order chi connectivity index (χ0) is 11.1. The summed E-state index contributed by atoms with van der Waals surface area (Å²) in [4.78, 5) is 4.11. The van der Waals surface area contributed by atoms with Crippen molar-refractivity contribution < 1.29 is 0 Å². The maximum atomic E-state index is 4.11. The molecule has 1 heterocycles. The lowest BCUT2D eigenvalue weighted by Crippen LogP contribution is -2.19. The van der Waals surface area contributed by atoms with Crippen LogP contribution in [0.5, 0.6) is 0 Å². The standard InChI is InChI=1S/C14H22N2/c1-2-5-13(6-3-1)8-10-16-12-14-7-4-9-15-11-14/h4,7,9,11,13,16H,1-3,5-6,8,10,12H2. The van der Waals surface area contributed by atoms with Gasteiger partial charge in [-0.25, -0.2) is 0 Å². The predicted molar refractivity (Wildman–Crippen MR) is 67.1 cm³/mol. The number of rotatable bonds is 5. The van der Waals surface area contributed by atoms with Gasteiger partial charge >= 0.3 is 0 Å². The third-order valence-corrected chi connectivity index (χ3v) is 3.51. The summed E-state index contributed by atoms with van der Waals surface area (Å²) in [6.45, 7) is 2.11. The van der Waals surface area contributed by atoms with Crippen LogP contribution in [-0.2, 0) is 6.54 Å². The molecule has 1 aliphatic carbocycles. The molecular formula is C14H22N2. The molecule has 2 nitrogen and oxygen atoms in total. The molecule has 0 saturated heterocycles. The summed E-state index contributed by atoms with van der Waals surface area (Å²) in [7, 11) is 0. The number of aromatic nitrogens is 1. The van der Waals surface area contributed by atoms with Gasteiger partial charge in [0.05, 0.1) is 0 Å². The zero-order valence-corrected chi connectivity index (χ0v) is 9.99. The highest BCUT2D eigenvalue weighted by Crippen LogP contribution is 2.25. The number of hydrogen-bond acceptors (Lipinski definition) is 2. The first-order chi connectivity index (χ1) is 7.95. The lowest BCUT2D eigenvalue weighted by atomic mass is 9.87. The van der Waals surface area contributed by atoms with Gasteiger partial charge in [-0.15, -0.1) is 0 Å². The first kappa shape index (κ1) is 11.6. The summed E-state index contributed by atoms with van der Waals surface area (Å²) >= 11 is 0. The largest absolute Gasteiger partial charge is 0.313 e. The summed E-state index contributed by atoms with van der Waals surface area (Å²) in [6, 6.07) is 4.12. The molecule has 0 aromatic carbocycles. The van der Waals surface area contributed by atoms with E-state index in [1.54, 1.807) is 0 Å². The Labute approximate surface area is 98.5 Å². The van der Waals surface area contributed by atoms with Gasteiger partial charge in [-0.05, 0) is 30.5 Å². The number of nitrogens with zero attached hydrogens (tertiary/aromatic N) is 1. The van der Waals surface area contributed by atoms with E-state index in [-0.39, 0.29) is 0 Å². The number of hydrogen-bond donors (Lipinski definition) is 1. The van der Waals surface area contributed by atoms with Gasteiger partial charge in [0.2, 0.25) is 0 Å².